The molecule has 5 nitrogen and oxygen atoms in total. The van der Waals surface area contributed by atoms with E-state index in [1.54, 1.807) is 16.4 Å². The number of imide groups is 1. The summed E-state index contributed by atoms with van der Waals surface area (Å²) in [5.74, 6) is -0.699. The average molecular weight is 462 g/mol. The van der Waals surface area contributed by atoms with Gasteiger partial charge in [0.05, 0.1) is 11.9 Å². The van der Waals surface area contributed by atoms with E-state index in [2.05, 4.69) is 72.0 Å². The molecule has 0 aliphatic heterocycles. The van der Waals surface area contributed by atoms with Gasteiger partial charge in [-0.05, 0) is 90.2 Å². The molecule has 1 heterocycles. The van der Waals surface area contributed by atoms with E-state index in [1.165, 1.54) is 54.5 Å². The minimum absolute atomic E-state index is 0.154. The maximum atomic E-state index is 9.83. The molecule has 182 valence electrons. The van der Waals surface area contributed by atoms with Crippen LogP contribution in [0.5, 0.6) is 0 Å². The normalized spacial score (nSPS) is 21.4. The first-order valence-electron chi connectivity index (χ1n) is 12.4. The number of carbonyl (C=O) groups excluding carboxylic acids is 2. The molecule has 2 aromatic rings. The van der Waals surface area contributed by atoms with Gasteiger partial charge in [0, 0.05) is 11.6 Å². The third-order valence-electron chi connectivity index (χ3n) is 8.15. The Labute approximate surface area is 204 Å². The lowest BCUT2D eigenvalue weighted by atomic mass is 9.60. The van der Waals surface area contributed by atoms with Crippen LogP contribution in [-0.2, 0) is 32.3 Å². The van der Waals surface area contributed by atoms with E-state index in [0.29, 0.717) is 11.6 Å². The summed E-state index contributed by atoms with van der Waals surface area (Å²) in [4.78, 5) is 24.1. The zero-order valence-corrected chi connectivity index (χ0v) is 21.5. The number of aryl methyl sites for hydroxylation is 2. The number of hydrogen-bond donors (Lipinski definition) is 2. The fourth-order valence-electron chi connectivity index (χ4n) is 5.31. The van der Waals surface area contributed by atoms with Crippen LogP contribution in [0, 0.1) is 12.3 Å². The Morgan fingerprint density at radius 3 is 2.24 bits per heavy atom. The van der Waals surface area contributed by atoms with Gasteiger partial charge in [-0.25, -0.2) is 0 Å². The predicted octanol–water partition coefficient (Wildman–Crippen LogP) is 5.68. The molecule has 0 spiro atoms. The summed E-state index contributed by atoms with van der Waals surface area (Å²) in [7, 11) is 0. The van der Waals surface area contributed by atoms with Crippen molar-refractivity contribution in [3.05, 3.63) is 64.0 Å². The molecule has 34 heavy (non-hydrogen) atoms. The highest BCUT2D eigenvalue weighted by Crippen LogP contribution is 2.56. The summed E-state index contributed by atoms with van der Waals surface area (Å²) in [6.45, 7) is 14.2. The first kappa shape index (κ1) is 25.8. The average Bonchev–Trinajstić information content (AvgIpc) is 3.64. The second-order valence-corrected chi connectivity index (χ2v) is 10.8. The molecule has 1 atom stereocenters. The Morgan fingerprint density at radius 2 is 1.76 bits per heavy atom. The van der Waals surface area contributed by atoms with Gasteiger partial charge in [0.1, 0.15) is 0 Å². The van der Waals surface area contributed by atoms with E-state index in [9.17, 15) is 9.59 Å². The summed E-state index contributed by atoms with van der Waals surface area (Å²) < 4.78 is 0. The fraction of sp³-hybridized carbons (Fsp3) is 0.517. The Kier molecular flexibility index (Phi) is 7.44. The number of benzene rings is 1. The monoisotopic (exact) mass is 461 g/mol. The van der Waals surface area contributed by atoms with Crippen LogP contribution >= 0.6 is 0 Å². The van der Waals surface area contributed by atoms with Crippen LogP contribution in [0.4, 0.5) is 0 Å². The standard InChI is InChI=1S/C26H35N.C3H4N2O2/c1-7-19-9-10-23(27-17-19)26(13-14-26)20-16-22-21(15-18(20)3)24(4,5)11-12-25(22,6)8-2;4-1-3(7)5-2-6/h9-10,15-17H,7-8,11-14H2,1-6H3;1-2,4H,(H,5,6,7). The van der Waals surface area contributed by atoms with Gasteiger partial charge in [0.25, 0.3) is 5.91 Å². The number of amides is 2. The summed E-state index contributed by atoms with van der Waals surface area (Å²) in [5, 5.41) is 7.95. The highest BCUT2D eigenvalue weighted by atomic mass is 16.2. The van der Waals surface area contributed by atoms with Gasteiger partial charge in [0.15, 0.2) is 0 Å². The molecule has 5 heteroatoms. The maximum Gasteiger partial charge on any atom is 0.268 e. The molecule has 0 bridgehead atoms. The van der Waals surface area contributed by atoms with E-state index in [0.717, 1.165) is 6.42 Å². The van der Waals surface area contributed by atoms with Crippen molar-refractivity contribution in [2.24, 2.45) is 0 Å². The van der Waals surface area contributed by atoms with Gasteiger partial charge < -0.3 is 5.41 Å². The highest BCUT2D eigenvalue weighted by molar-refractivity contribution is 6.27. The highest BCUT2D eigenvalue weighted by Gasteiger charge is 2.49. The largest absolute Gasteiger partial charge is 0.303 e. The Bertz CT molecular complexity index is 1070. The molecule has 1 aromatic carbocycles. The number of hydrogen-bond acceptors (Lipinski definition) is 4. The van der Waals surface area contributed by atoms with Crippen LogP contribution in [0.15, 0.2) is 30.5 Å². The minimum Gasteiger partial charge on any atom is -0.303 e. The summed E-state index contributed by atoms with van der Waals surface area (Å²) in [6.07, 6.45) is 10.2. The molecule has 1 saturated carbocycles. The van der Waals surface area contributed by atoms with Gasteiger partial charge in [-0.3, -0.25) is 19.9 Å². The molecule has 2 amide bonds. The Morgan fingerprint density at radius 1 is 1.06 bits per heavy atom. The molecule has 4 rings (SSSR count). The van der Waals surface area contributed by atoms with Crippen LogP contribution in [0.1, 0.15) is 100 Å². The van der Waals surface area contributed by atoms with Crippen LogP contribution in [0.25, 0.3) is 0 Å². The van der Waals surface area contributed by atoms with Gasteiger partial charge in [-0.2, -0.15) is 0 Å². The molecule has 1 fully saturated rings. The molecule has 0 radical (unpaired) electrons. The van der Waals surface area contributed by atoms with Crippen LogP contribution in [0.2, 0.25) is 0 Å². The summed E-state index contributed by atoms with van der Waals surface area (Å²) >= 11 is 0. The van der Waals surface area contributed by atoms with Crippen molar-refractivity contribution in [2.45, 2.75) is 96.3 Å². The first-order valence-corrected chi connectivity index (χ1v) is 12.4. The molecule has 0 saturated heterocycles. The summed E-state index contributed by atoms with van der Waals surface area (Å²) in [6, 6.07) is 9.68. The molecular formula is C29H39N3O2. The maximum absolute atomic E-state index is 9.83. The van der Waals surface area contributed by atoms with Gasteiger partial charge in [0.2, 0.25) is 6.41 Å². The number of nitrogens with zero attached hydrogens (tertiary/aromatic N) is 1. The molecule has 2 aliphatic carbocycles. The number of carbonyl (C=O) groups is 2. The van der Waals surface area contributed by atoms with E-state index in [4.69, 9.17) is 10.4 Å². The van der Waals surface area contributed by atoms with Crippen LogP contribution in [-0.4, -0.2) is 23.5 Å². The van der Waals surface area contributed by atoms with Gasteiger partial charge in [-0.15, -0.1) is 0 Å². The van der Waals surface area contributed by atoms with Crippen molar-refractivity contribution in [2.75, 3.05) is 0 Å². The Hall–Kier alpha value is -2.82. The van der Waals surface area contributed by atoms with Crippen LogP contribution in [0.3, 0.4) is 0 Å². The quantitative estimate of drug-likeness (QED) is 0.429. The lowest BCUT2D eigenvalue weighted by molar-refractivity contribution is -0.120. The number of aromatic nitrogens is 1. The second-order valence-electron chi connectivity index (χ2n) is 10.8. The van der Waals surface area contributed by atoms with Crippen molar-refractivity contribution < 1.29 is 9.59 Å². The van der Waals surface area contributed by atoms with Crippen molar-refractivity contribution in [1.29, 1.82) is 5.41 Å². The second kappa shape index (κ2) is 9.81. The van der Waals surface area contributed by atoms with E-state index in [-0.39, 0.29) is 17.2 Å². The van der Waals surface area contributed by atoms with E-state index < -0.39 is 5.91 Å². The Balaban J connectivity index is 0.000000406. The smallest absolute Gasteiger partial charge is 0.268 e. The third kappa shape index (κ3) is 4.84. The lowest BCUT2D eigenvalue weighted by Crippen LogP contribution is -2.36. The molecule has 1 aromatic heterocycles. The van der Waals surface area contributed by atoms with Crippen molar-refractivity contribution in [3.63, 3.8) is 0 Å². The van der Waals surface area contributed by atoms with E-state index in [1.807, 2.05) is 0 Å². The van der Waals surface area contributed by atoms with Gasteiger partial charge >= 0.3 is 0 Å². The van der Waals surface area contributed by atoms with Gasteiger partial charge in [-0.1, -0.05) is 52.8 Å². The lowest BCUT2D eigenvalue weighted by Gasteiger charge is -2.44. The van der Waals surface area contributed by atoms with Crippen LogP contribution < -0.4 is 5.32 Å². The molecule has 2 aliphatic rings. The number of nitrogens with one attached hydrogen (secondary N) is 2. The zero-order valence-electron chi connectivity index (χ0n) is 21.5. The third-order valence-corrected chi connectivity index (χ3v) is 8.15. The van der Waals surface area contributed by atoms with E-state index >= 15 is 0 Å². The minimum atomic E-state index is -0.699. The zero-order chi connectivity index (χ0) is 25.1. The van der Waals surface area contributed by atoms with Crippen molar-refractivity contribution >= 4 is 18.5 Å². The molecule has 1 unspecified atom stereocenters. The van der Waals surface area contributed by atoms with Crippen molar-refractivity contribution in [1.82, 2.24) is 10.3 Å². The predicted molar refractivity (Wildman–Crippen MR) is 138 cm³/mol. The summed E-state index contributed by atoms with van der Waals surface area (Å²) in [5.41, 5.74) is 9.54. The number of fused-ring (bicyclic) bond motifs is 1. The number of pyridine rings is 1. The molecule has 2 N–H and O–H groups in total. The topological polar surface area (TPSA) is 82.9 Å². The molecular weight excluding hydrogens is 422 g/mol. The fourth-order valence-corrected chi connectivity index (χ4v) is 5.31. The first-order chi connectivity index (χ1) is 16.1. The number of rotatable bonds is 6. The SMILES string of the molecule is CCc1ccc(C2(c3cc4c(cc3C)C(C)(C)CCC4(C)CC)CC2)nc1.N=CC(=O)NC=O. The van der Waals surface area contributed by atoms with Crippen molar-refractivity contribution in [3.8, 4) is 0 Å².